The first kappa shape index (κ1) is 13.1. The summed E-state index contributed by atoms with van der Waals surface area (Å²) in [4.78, 5) is 0. The van der Waals surface area contributed by atoms with Crippen molar-refractivity contribution < 1.29 is 0 Å². The van der Waals surface area contributed by atoms with Gasteiger partial charge in [-0.2, -0.15) is 0 Å². The van der Waals surface area contributed by atoms with Gasteiger partial charge in [0.25, 0.3) is 0 Å². The van der Waals surface area contributed by atoms with E-state index in [1.165, 1.54) is 11.1 Å². The van der Waals surface area contributed by atoms with Gasteiger partial charge in [0, 0.05) is 18.0 Å². The van der Waals surface area contributed by atoms with E-state index in [0.717, 1.165) is 10.8 Å². The van der Waals surface area contributed by atoms with Crippen LogP contribution in [0.15, 0.2) is 53.8 Å². The molecule has 0 amide bonds. The standard InChI is InChI=1S/C15H16N4S/c1-11-6-2-3-7-12(11)13(10-16)20-15-18-17-14-8-4-5-9-19(14)15/h2-9,13H,10,16H2,1H3. The lowest BCUT2D eigenvalue weighted by molar-refractivity contribution is 0.884. The van der Waals surface area contributed by atoms with Crippen LogP contribution in [0.1, 0.15) is 16.4 Å². The fourth-order valence-electron chi connectivity index (χ4n) is 2.21. The summed E-state index contributed by atoms with van der Waals surface area (Å²) in [6, 6.07) is 14.2. The van der Waals surface area contributed by atoms with Crippen molar-refractivity contribution in [2.45, 2.75) is 17.3 Å². The molecule has 0 saturated heterocycles. The Morgan fingerprint density at radius 2 is 1.95 bits per heavy atom. The largest absolute Gasteiger partial charge is 0.329 e. The average Bonchev–Trinajstić information content (AvgIpc) is 2.89. The van der Waals surface area contributed by atoms with Crippen molar-refractivity contribution in [1.82, 2.24) is 14.6 Å². The number of hydrogen-bond acceptors (Lipinski definition) is 4. The number of rotatable bonds is 4. The Morgan fingerprint density at radius 1 is 1.15 bits per heavy atom. The van der Waals surface area contributed by atoms with E-state index in [1.54, 1.807) is 11.8 Å². The summed E-state index contributed by atoms with van der Waals surface area (Å²) < 4.78 is 1.99. The van der Waals surface area contributed by atoms with E-state index in [4.69, 9.17) is 5.73 Å². The maximum Gasteiger partial charge on any atom is 0.196 e. The van der Waals surface area contributed by atoms with Gasteiger partial charge in [-0.05, 0) is 30.2 Å². The van der Waals surface area contributed by atoms with Crippen molar-refractivity contribution in [3.05, 3.63) is 59.8 Å². The molecule has 1 unspecified atom stereocenters. The van der Waals surface area contributed by atoms with Gasteiger partial charge < -0.3 is 5.73 Å². The Morgan fingerprint density at radius 3 is 2.75 bits per heavy atom. The molecular formula is C15H16N4S. The van der Waals surface area contributed by atoms with Gasteiger partial charge in [-0.1, -0.05) is 42.1 Å². The fraction of sp³-hybridized carbons (Fsp3) is 0.200. The first-order chi connectivity index (χ1) is 9.79. The molecule has 3 aromatic rings. The summed E-state index contributed by atoms with van der Waals surface area (Å²) in [5, 5.41) is 9.49. The first-order valence-corrected chi connectivity index (χ1v) is 7.39. The van der Waals surface area contributed by atoms with Crippen LogP contribution in [-0.2, 0) is 0 Å². The summed E-state index contributed by atoms with van der Waals surface area (Å²) in [5.74, 6) is 0. The third-order valence-corrected chi connectivity index (χ3v) is 4.50. The summed E-state index contributed by atoms with van der Waals surface area (Å²) in [6.07, 6.45) is 1.98. The Kier molecular flexibility index (Phi) is 3.71. The molecule has 0 bridgehead atoms. The average molecular weight is 284 g/mol. The molecule has 20 heavy (non-hydrogen) atoms. The molecule has 0 aliphatic rings. The molecule has 3 rings (SSSR count). The minimum atomic E-state index is 0.184. The topological polar surface area (TPSA) is 56.2 Å². The zero-order valence-electron chi connectivity index (χ0n) is 11.2. The SMILES string of the molecule is Cc1ccccc1C(CN)Sc1nnc2ccccn12. The van der Waals surface area contributed by atoms with Crippen LogP contribution >= 0.6 is 11.8 Å². The normalized spacial score (nSPS) is 12.7. The summed E-state index contributed by atoms with van der Waals surface area (Å²) in [6.45, 7) is 2.68. The van der Waals surface area contributed by atoms with Crippen molar-refractivity contribution in [2.24, 2.45) is 5.73 Å². The molecule has 0 saturated carbocycles. The summed E-state index contributed by atoms with van der Waals surface area (Å²) in [7, 11) is 0. The van der Waals surface area contributed by atoms with Crippen molar-refractivity contribution in [3.63, 3.8) is 0 Å². The second-order valence-electron chi connectivity index (χ2n) is 4.61. The van der Waals surface area contributed by atoms with Crippen LogP contribution in [0.4, 0.5) is 0 Å². The molecule has 4 nitrogen and oxygen atoms in total. The Bertz CT molecular complexity index is 722. The molecule has 1 atom stereocenters. The second kappa shape index (κ2) is 5.64. The van der Waals surface area contributed by atoms with Gasteiger partial charge in [-0.3, -0.25) is 4.40 Å². The highest BCUT2D eigenvalue weighted by Crippen LogP contribution is 2.34. The predicted molar refractivity (Wildman–Crippen MR) is 81.8 cm³/mol. The number of aromatic nitrogens is 3. The number of nitrogens with two attached hydrogens (primary N) is 1. The molecular weight excluding hydrogens is 268 g/mol. The molecule has 0 fully saturated rings. The van der Waals surface area contributed by atoms with Crippen LogP contribution in [-0.4, -0.2) is 21.1 Å². The molecule has 2 aromatic heterocycles. The van der Waals surface area contributed by atoms with Gasteiger partial charge in [0.1, 0.15) is 0 Å². The number of benzene rings is 1. The van der Waals surface area contributed by atoms with E-state index in [1.807, 2.05) is 40.9 Å². The van der Waals surface area contributed by atoms with Crippen molar-refractivity contribution in [1.29, 1.82) is 0 Å². The number of nitrogens with zero attached hydrogens (tertiary/aromatic N) is 3. The molecule has 0 spiro atoms. The third kappa shape index (κ3) is 2.42. The molecule has 5 heteroatoms. The highest BCUT2D eigenvalue weighted by molar-refractivity contribution is 7.99. The molecule has 0 aliphatic carbocycles. The van der Waals surface area contributed by atoms with Crippen molar-refractivity contribution in [2.75, 3.05) is 6.54 Å². The maximum absolute atomic E-state index is 5.96. The van der Waals surface area contributed by atoms with E-state index in [0.29, 0.717) is 6.54 Å². The predicted octanol–water partition coefficient (Wildman–Crippen LogP) is 2.83. The lowest BCUT2D eigenvalue weighted by atomic mass is 10.1. The van der Waals surface area contributed by atoms with Gasteiger partial charge in [-0.25, -0.2) is 0 Å². The number of thioether (sulfide) groups is 1. The molecule has 102 valence electrons. The van der Waals surface area contributed by atoms with E-state index < -0.39 is 0 Å². The van der Waals surface area contributed by atoms with Crippen molar-refractivity contribution in [3.8, 4) is 0 Å². The number of fused-ring (bicyclic) bond motifs is 1. The van der Waals surface area contributed by atoms with Crippen LogP contribution in [0.2, 0.25) is 0 Å². The fourth-order valence-corrected chi connectivity index (χ4v) is 3.31. The summed E-state index contributed by atoms with van der Waals surface area (Å²) >= 11 is 1.66. The quantitative estimate of drug-likeness (QED) is 0.748. The molecule has 0 radical (unpaired) electrons. The number of aryl methyl sites for hydroxylation is 1. The van der Waals surface area contributed by atoms with Gasteiger partial charge in [0.15, 0.2) is 10.8 Å². The smallest absolute Gasteiger partial charge is 0.196 e. The van der Waals surface area contributed by atoms with Gasteiger partial charge in [0.2, 0.25) is 0 Å². The Balaban J connectivity index is 1.94. The molecule has 0 aliphatic heterocycles. The monoisotopic (exact) mass is 284 g/mol. The molecule has 2 N–H and O–H groups in total. The van der Waals surface area contributed by atoms with Crippen LogP contribution in [0, 0.1) is 6.92 Å². The van der Waals surface area contributed by atoms with Crippen LogP contribution in [0.3, 0.4) is 0 Å². The van der Waals surface area contributed by atoms with Crippen LogP contribution in [0.5, 0.6) is 0 Å². The van der Waals surface area contributed by atoms with Crippen LogP contribution in [0.25, 0.3) is 5.65 Å². The zero-order chi connectivity index (χ0) is 13.9. The Hall–Kier alpha value is -1.85. The highest BCUT2D eigenvalue weighted by atomic mass is 32.2. The highest BCUT2D eigenvalue weighted by Gasteiger charge is 2.16. The minimum Gasteiger partial charge on any atom is -0.329 e. The van der Waals surface area contributed by atoms with E-state index in [2.05, 4.69) is 29.3 Å². The Labute approximate surface area is 122 Å². The van der Waals surface area contributed by atoms with Crippen LogP contribution < -0.4 is 5.73 Å². The van der Waals surface area contributed by atoms with E-state index in [-0.39, 0.29) is 5.25 Å². The lowest BCUT2D eigenvalue weighted by Gasteiger charge is -2.15. The molecule has 1 aromatic carbocycles. The van der Waals surface area contributed by atoms with E-state index in [9.17, 15) is 0 Å². The second-order valence-corrected chi connectivity index (χ2v) is 5.78. The maximum atomic E-state index is 5.96. The minimum absolute atomic E-state index is 0.184. The summed E-state index contributed by atoms with van der Waals surface area (Å²) in [5.41, 5.74) is 9.32. The van der Waals surface area contributed by atoms with Gasteiger partial charge >= 0.3 is 0 Å². The first-order valence-electron chi connectivity index (χ1n) is 6.51. The van der Waals surface area contributed by atoms with Gasteiger partial charge in [-0.15, -0.1) is 10.2 Å². The molecule has 2 heterocycles. The number of pyridine rings is 1. The third-order valence-electron chi connectivity index (χ3n) is 3.28. The van der Waals surface area contributed by atoms with Gasteiger partial charge in [0.05, 0.1) is 0 Å². The lowest BCUT2D eigenvalue weighted by Crippen LogP contribution is -2.11. The van der Waals surface area contributed by atoms with E-state index >= 15 is 0 Å². The van der Waals surface area contributed by atoms with Crippen molar-refractivity contribution >= 4 is 17.4 Å². The zero-order valence-corrected chi connectivity index (χ0v) is 12.0. The number of hydrogen-bond donors (Lipinski definition) is 1.